The van der Waals surface area contributed by atoms with Crippen LogP contribution >= 0.6 is 0 Å². The zero-order chi connectivity index (χ0) is 16.9. The van der Waals surface area contributed by atoms with Crippen molar-refractivity contribution in [2.45, 2.75) is 25.8 Å². The molecule has 24 heavy (non-hydrogen) atoms. The van der Waals surface area contributed by atoms with E-state index in [4.69, 9.17) is 4.74 Å². The summed E-state index contributed by atoms with van der Waals surface area (Å²) in [6, 6.07) is 7.56. The molecule has 1 N–H and O–H groups in total. The molecule has 3 rings (SSSR count). The van der Waals surface area contributed by atoms with Crippen LogP contribution in [-0.2, 0) is 9.53 Å². The average molecular weight is 331 g/mol. The average Bonchev–Trinajstić information content (AvgIpc) is 2.95. The quantitative estimate of drug-likeness (QED) is 0.882. The topological polar surface area (TPSA) is 61.9 Å². The Morgan fingerprint density at radius 3 is 2.62 bits per heavy atom. The zero-order valence-corrected chi connectivity index (χ0v) is 14.2. The van der Waals surface area contributed by atoms with Crippen LogP contribution in [0.5, 0.6) is 0 Å². The maximum absolute atomic E-state index is 12.4. The fourth-order valence-electron chi connectivity index (χ4n) is 3.27. The number of amides is 2. The molecule has 1 aromatic carbocycles. The normalized spacial score (nSPS) is 21.2. The first-order chi connectivity index (χ1) is 11.7. The van der Waals surface area contributed by atoms with Gasteiger partial charge >= 0.3 is 0 Å². The van der Waals surface area contributed by atoms with Gasteiger partial charge in [0.2, 0.25) is 5.91 Å². The van der Waals surface area contributed by atoms with Gasteiger partial charge in [-0.1, -0.05) is 6.92 Å². The number of likely N-dealkylation sites (tertiary alicyclic amines) is 1. The van der Waals surface area contributed by atoms with E-state index >= 15 is 0 Å². The van der Waals surface area contributed by atoms with Gasteiger partial charge in [0.25, 0.3) is 5.91 Å². The Morgan fingerprint density at radius 2 is 1.96 bits per heavy atom. The summed E-state index contributed by atoms with van der Waals surface area (Å²) in [4.78, 5) is 28.3. The van der Waals surface area contributed by atoms with Crippen LogP contribution in [0.25, 0.3) is 0 Å². The summed E-state index contributed by atoms with van der Waals surface area (Å²) in [5.41, 5.74) is 1.74. The van der Waals surface area contributed by atoms with Gasteiger partial charge in [-0.25, -0.2) is 0 Å². The monoisotopic (exact) mass is 331 g/mol. The van der Waals surface area contributed by atoms with Crippen molar-refractivity contribution in [3.63, 3.8) is 0 Å². The largest absolute Gasteiger partial charge is 0.378 e. The van der Waals surface area contributed by atoms with E-state index in [1.54, 1.807) is 0 Å². The van der Waals surface area contributed by atoms with Gasteiger partial charge in [0.1, 0.15) is 0 Å². The molecule has 2 fully saturated rings. The minimum Gasteiger partial charge on any atom is -0.378 e. The summed E-state index contributed by atoms with van der Waals surface area (Å²) in [5.74, 6) is 0.0180. The van der Waals surface area contributed by atoms with Crippen molar-refractivity contribution in [1.29, 1.82) is 0 Å². The molecule has 0 radical (unpaired) electrons. The first-order valence-electron chi connectivity index (χ1n) is 8.68. The highest BCUT2D eigenvalue weighted by Gasteiger charge is 2.30. The van der Waals surface area contributed by atoms with Crippen molar-refractivity contribution in [2.24, 2.45) is 0 Å². The third-order valence-corrected chi connectivity index (χ3v) is 4.55. The molecule has 0 bridgehead atoms. The lowest BCUT2D eigenvalue weighted by Crippen LogP contribution is -2.37. The molecule has 2 aliphatic rings. The predicted molar refractivity (Wildman–Crippen MR) is 92.2 cm³/mol. The van der Waals surface area contributed by atoms with E-state index in [0.29, 0.717) is 18.5 Å². The van der Waals surface area contributed by atoms with Crippen LogP contribution in [0.1, 0.15) is 30.1 Å². The van der Waals surface area contributed by atoms with Crippen molar-refractivity contribution >= 4 is 17.5 Å². The second-order valence-corrected chi connectivity index (χ2v) is 6.36. The van der Waals surface area contributed by atoms with Gasteiger partial charge in [-0.15, -0.1) is 0 Å². The van der Waals surface area contributed by atoms with Crippen LogP contribution in [0.2, 0.25) is 0 Å². The van der Waals surface area contributed by atoms with E-state index in [1.807, 2.05) is 29.2 Å². The highest BCUT2D eigenvalue weighted by molar-refractivity contribution is 5.95. The molecule has 2 saturated heterocycles. The van der Waals surface area contributed by atoms with Crippen molar-refractivity contribution in [3.05, 3.63) is 29.8 Å². The Labute approximate surface area is 142 Å². The van der Waals surface area contributed by atoms with E-state index in [9.17, 15) is 9.59 Å². The van der Waals surface area contributed by atoms with Crippen molar-refractivity contribution in [2.75, 3.05) is 44.3 Å². The summed E-state index contributed by atoms with van der Waals surface area (Å²) < 4.78 is 5.35. The summed E-state index contributed by atoms with van der Waals surface area (Å²) in [6.07, 6.45) is 1.34. The Balaban J connectivity index is 1.56. The first kappa shape index (κ1) is 16.8. The summed E-state index contributed by atoms with van der Waals surface area (Å²) >= 11 is 0. The lowest BCUT2D eigenvalue weighted by atomic mass is 10.1. The maximum atomic E-state index is 12.4. The Kier molecular flexibility index (Phi) is 5.35. The van der Waals surface area contributed by atoms with Gasteiger partial charge in [-0.3, -0.25) is 9.59 Å². The minimum atomic E-state index is -0.111. The smallest absolute Gasteiger partial charge is 0.251 e. The number of ether oxygens (including phenoxy) is 1. The highest BCUT2D eigenvalue weighted by atomic mass is 16.5. The number of benzene rings is 1. The molecule has 0 saturated carbocycles. The fourth-order valence-corrected chi connectivity index (χ4v) is 3.27. The third-order valence-electron chi connectivity index (χ3n) is 4.55. The second-order valence-electron chi connectivity index (χ2n) is 6.36. The van der Waals surface area contributed by atoms with Crippen LogP contribution < -0.4 is 10.2 Å². The first-order valence-corrected chi connectivity index (χ1v) is 8.68. The molecule has 0 unspecified atom stereocenters. The molecule has 0 spiro atoms. The van der Waals surface area contributed by atoms with Crippen molar-refractivity contribution in [1.82, 2.24) is 10.2 Å². The fraction of sp³-hybridized carbons (Fsp3) is 0.556. The molecule has 130 valence electrons. The maximum Gasteiger partial charge on any atom is 0.251 e. The number of nitrogens with one attached hydrogen (secondary N) is 1. The van der Waals surface area contributed by atoms with Gasteiger partial charge in [-0.2, -0.15) is 0 Å². The van der Waals surface area contributed by atoms with Gasteiger partial charge in [-0.05, 0) is 30.7 Å². The Morgan fingerprint density at radius 1 is 1.25 bits per heavy atom. The van der Waals surface area contributed by atoms with Gasteiger partial charge < -0.3 is 19.9 Å². The van der Waals surface area contributed by atoms with Crippen LogP contribution in [0, 0.1) is 0 Å². The standard InChI is InChI=1S/C18H25N3O3/c1-2-7-21-13-15(12-17(21)22)19-18(23)14-3-5-16(6-4-14)20-8-10-24-11-9-20/h3-6,15H,2,7-13H2,1H3,(H,19,23)/t15-/m0/s1. The number of rotatable bonds is 5. The van der Waals surface area contributed by atoms with Gasteiger partial charge in [0, 0.05) is 43.9 Å². The van der Waals surface area contributed by atoms with E-state index < -0.39 is 0 Å². The molecular formula is C18H25N3O3. The molecule has 2 heterocycles. The number of morpholine rings is 1. The number of carbonyl (C=O) groups excluding carboxylic acids is 2. The lowest BCUT2D eigenvalue weighted by molar-refractivity contribution is -0.127. The SMILES string of the molecule is CCCN1C[C@@H](NC(=O)c2ccc(N3CCOCC3)cc2)CC1=O. The molecule has 6 heteroatoms. The highest BCUT2D eigenvalue weighted by Crippen LogP contribution is 2.17. The van der Waals surface area contributed by atoms with Crippen molar-refractivity contribution in [3.8, 4) is 0 Å². The molecular weight excluding hydrogens is 306 g/mol. The molecule has 0 aliphatic carbocycles. The lowest BCUT2D eigenvalue weighted by Gasteiger charge is -2.28. The van der Waals surface area contributed by atoms with E-state index in [0.717, 1.165) is 45.0 Å². The van der Waals surface area contributed by atoms with Crippen LogP contribution in [0.15, 0.2) is 24.3 Å². The van der Waals surface area contributed by atoms with E-state index in [1.165, 1.54) is 0 Å². The number of hydrogen-bond donors (Lipinski definition) is 1. The molecule has 6 nitrogen and oxygen atoms in total. The van der Waals surface area contributed by atoms with E-state index in [-0.39, 0.29) is 17.9 Å². The number of hydrogen-bond acceptors (Lipinski definition) is 4. The summed E-state index contributed by atoms with van der Waals surface area (Å²) in [7, 11) is 0. The Hall–Kier alpha value is -2.08. The Bertz CT molecular complexity index is 582. The van der Waals surface area contributed by atoms with Crippen LogP contribution in [0.3, 0.4) is 0 Å². The predicted octanol–water partition coefficient (Wildman–Crippen LogP) is 1.26. The molecule has 0 aromatic heterocycles. The van der Waals surface area contributed by atoms with Gasteiger partial charge in [0.15, 0.2) is 0 Å². The summed E-state index contributed by atoms with van der Waals surface area (Å²) in [5, 5.41) is 2.98. The zero-order valence-electron chi connectivity index (χ0n) is 14.2. The molecule has 2 amide bonds. The van der Waals surface area contributed by atoms with Gasteiger partial charge in [0.05, 0.1) is 19.3 Å². The molecule has 1 atom stereocenters. The van der Waals surface area contributed by atoms with Crippen LogP contribution in [0.4, 0.5) is 5.69 Å². The number of nitrogens with zero attached hydrogens (tertiary/aromatic N) is 2. The third kappa shape index (κ3) is 3.87. The van der Waals surface area contributed by atoms with Crippen LogP contribution in [-0.4, -0.2) is 62.1 Å². The number of carbonyl (C=O) groups is 2. The van der Waals surface area contributed by atoms with E-state index in [2.05, 4.69) is 17.1 Å². The molecule has 1 aromatic rings. The number of anilines is 1. The van der Waals surface area contributed by atoms with Crippen molar-refractivity contribution < 1.29 is 14.3 Å². The summed E-state index contributed by atoms with van der Waals surface area (Å²) in [6.45, 7) is 6.67. The minimum absolute atomic E-state index is 0.0875. The molecule has 2 aliphatic heterocycles. The second kappa shape index (κ2) is 7.66.